The monoisotopic (exact) mass is 474 g/mol. The van der Waals surface area contributed by atoms with Crippen LogP contribution < -0.4 is 0 Å². The second kappa shape index (κ2) is 7.79. The highest BCUT2D eigenvalue weighted by Crippen LogP contribution is 2.70. The van der Waals surface area contributed by atoms with E-state index in [9.17, 15) is 20.4 Å². The number of rotatable bonds is 1. The van der Waals surface area contributed by atoms with Crippen LogP contribution in [0.3, 0.4) is 0 Å². The van der Waals surface area contributed by atoms with Crippen molar-refractivity contribution in [3.63, 3.8) is 0 Å². The predicted molar refractivity (Wildman–Crippen MR) is 135 cm³/mol. The van der Waals surface area contributed by atoms with Crippen molar-refractivity contribution in [1.29, 1.82) is 0 Å². The number of aliphatic hydroxyl groups is 4. The first-order valence-electron chi connectivity index (χ1n) is 14.1. The molecule has 34 heavy (non-hydrogen) atoms. The molecule has 0 aromatic heterocycles. The summed E-state index contributed by atoms with van der Waals surface area (Å²) in [5.74, 6) is 1.79. The number of fused-ring (bicyclic) bond motifs is 6. The first kappa shape index (κ1) is 25.2. The van der Waals surface area contributed by atoms with Crippen molar-refractivity contribution in [1.82, 2.24) is 0 Å². The van der Waals surface area contributed by atoms with Gasteiger partial charge in [-0.1, -0.05) is 53.2 Å². The van der Waals surface area contributed by atoms with Gasteiger partial charge in [0.25, 0.3) is 0 Å². The van der Waals surface area contributed by atoms with Crippen molar-refractivity contribution in [2.75, 3.05) is 6.61 Å². The molecule has 0 amide bonds. The van der Waals surface area contributed by atoms with Gasteiger partial charge in [0.1, 0.15) is 0 Å². The van der Waals surface area contributed by atoms with Crippen LogP contribution in [0.1, 0.15) is 99.3 Å². The maximum atomic E-state index is 10.9. The van der Waals surface area contributed by atoms with E-state index >= 15 is 0 Å². The van der Waals surface area contributed by atoms with Gasteiger partial charge in [-0.15, -0.1) is 0 Å². The summed E-state index contributed by atoms with van der Waals surface area (Å²) in [4.78, 5) is 0. The summed E-state index contributed by atoms with van der Waals surface area (Å²) in [6.45, 7) is 13.9. The Morgan fingerprint density at radius 1 is 0.824 bits per heavy atom. The summed E-state index contributed by atoms with van der Waals surface area (Å²) < 4.78 is 0. The lowest BCUT2D eigenvalue weighted by molar-refractivity contribution is -0.189. The Labute approximate surface area is 207 Å². The molecule has 0 saturated heterocycles. The average Bonchev–Trinajstić information content (AvgIpc) is 2.92. The van der Waals surface area contributed by atoms with Gasteiger partial charge < -0.3 is 20.4 Å². The van der Waals surface area contributed by atoms with Gasteiger partial charge in [0.2, 0.25) is 0 Å². The van der Waals surface area contributed by atoms with Crippen LogP contribution in [0.25, 0.3) is 0 Å². The van der Waals surface area contributed by atoms with Crippen molar-refractivity contribution in [2.45, 2.75) is 118 Å². The molecule has 11 atom stereocenters. The molecule has 4 heteroatoms. The Balaban J connectivity index is 1.51. The molecular weight excluding hydrogens is 424 g/mol. The van der Waals surface area contributed by atoms with Gasteiger partial charge in [0.05, 0.1) is 24.9 Å². The summed E-state index contributed by atoms with van der Waals surface area (Å²) in [5.41, 5.74) is 1.31. The topological polar surface area (TPSA) is 80.9 Å². The lowest BCUT2D eigenvalue weighted by Crippen LogP contribution is -2.60. The fourth-order valence-electron chi connectivity index (χ4n) is 11.1. The van der Waals surface area contributed by atoms with Gasteiger partial charge in [-0.05, 0) is 103 Å². The van der Waals surface area contributed by atoms with Gasteiger partial charge in [0.15, 0.2) is 0 Å². The van der Waals surface area contributed by atoms with E-state index in [4.69, 9.17) is 0 Å². The molecule has 0 aromatic carbocycles. The Kier molecular flexibility index (Phi) is 5.78. The fourth-order valence-corrected chi connectivity index (χ4v) is 11.1. The SMILES string of the molecule is CC1(C)C(O)C(O)C[C@]2(C)C3CCC4[C@@](C)(CCC5[C@@](C)(CO)C(O)CC[C@]45C)CC3=CCC12. The van der Waals surface area contributed by atoms with Gasteiger partial charge in [-0.25, -0.2) is 0 Å². The predicted octanol–water partition coefficient (Wildman–Crippen LogP) is 5.08. The Morgan fingerprint density at radius 3 is 2.21 bits per heavy atom. The third-order valence-electron chi connectivity index (χ3n) is 13.0. The molecule has 0 heterocycles. The molecule has 5 rings (SSSR count). The van der Waals surface area contributed by atoms with Crippen molar-refractivity contribution < 1.29 is 20.4 Å². The number of hydrogen-bond donors (Lipinski definition) is 4. The molecule has 5 aliphatic carbocycles. The maximum absolute atomic E-state index is 10.9. The van der Waals surface area contributed by atoms with Crippen LogP contribution in [0, 0.1) is 50.7 Å². The van der Waals surface area contributed by atoms with E-state index in [0.29, 0.717) is 30.1 Å². The molecule has 4 nitrogen and oxygen atoms in total. The second-order valence-electron chi connectivity index (χ2n) is 14.9. The number of allylic oxidation sites excluding steroid dienone is 2. The lowest BCUT2D eigenvalue weighted by Gasteiger charge is -2.64. The largest absolute Gasteiger partial charge is 0.396 e. The zero-order valence-electron chi connectivity index (χ0n) is 22.5. The van der Waals surface area contributed by atoms with E-state index in [1.54, 1.807) is 5.57 Å². The molecule has 0 spiro atoms. The minimum Gasteiger partial charge on any atom is -0.396 e. The highest BCUT2D eigenvalue weighted by Gasteiger charge is 2.64. The Hall–Kier alpha value is -0.420. The van der Waals surface area contributed by atoms with Crippen molar-refractivity contribution >= 4 is 0 Å². The Morgan fingerprint density at radius 2 is 1.53 bits per heavy atom. The first-order valence-corrected chi connectivity index (χ1v) is 14.1. The molecule has 0 aromatic rings. The highest BCUT2D eigenvalue weighted by atomic mass is 16.3. The molecule has 0 aliphatic heterocycles. The van der Waals surface area contributed by atoms with E-state index in [1.165, 1.54) is 6.42 Å². The number of aliphatic hydroxyl groups excluding tert-OH is 4. The van der Waals surface area contributed by atoms with E-state index in [-0.39, 0.29) is 28.3 Å². The van der Waals surface area contributed by atoms with E-state index < -0.39 is 23.7 Å². The second-order valence-corrected chi connectivity index (χ2v) is 14.9. The summed E-state index contributed by atoms with van der Waals surface area (Å²) in [6, 6.07) is 0. The molecule has 194 valence electrons. The van der Waals surface area contributed by atoms with E-state index in [0.717, 1.165) is 44.9 Å². The first-order chi connectivity index (χ1) is 15.7. The highest BCUT2D eigenvalue weighted by molar-refractivity contribution is 5.26. The minimum atomic E-state index is -0.657. The normalized spacial score (nSPS) is 56.8. The maximum Gasteiger partial charge on any atom is 0.0853 e. The fraction of sp³-hybridized carbons (Fsp3) is 0.933. The standard InChI is InChI=1S/C30H50O4/c1-26(2)21-9-7-18-15-27(3)13-11-23-28(4,14-12-24(33)30(23,6)17-31)22(27)10-8-19(18)29(21,5)16-20(32)25(26)34/h7,19-25,31-34H,8-17H2,1-6H3/t19?,20?,21?,22?,23?,24?,25?,27-,28+,29+,30+/m0/s1. The van der Waals surface area contributed by atoms with Gasteiger partial charge in [0, 0.05) is 5.41 Å². The van der Waals surface area contributed by atoms with Crippen LogP contribution >= 0.6 is 0 Å². The van der Waals surface area contributed by atoms with Crippen LogP contribution in [0.15, 0.2) is 11.6 Å². The zero-order chi connectivity index (χ0) is 24.9. The molecule has 0 bridgehead atoms. The molecule has 0 radical (unpaired) electrons. The van der Waals surface area contributed by atoms with E-state index in [1.807, 2.05) is 0 Å². The zero-order valence-corrected chi connectivity index (χ0v) is 22.5. The van der Waals surface area contributed by atoms with Crippen LogP contribution in [-0.2, 0) is 0 Å². The molecular formula is C30H50O4. The van der Waals surface area contributed by atoms with Gasteiger partial charge in [-0.2, -0.15) is 0 Å². The molecule has 5 aliphatic rings. The molecule has 4 fully saturated rings. The van der Waals surface area contributed by atoms with E-state index in [2.05, 4.69) is 47.6 Å². The van der Waals surface area contributed by atoms with Crippen molar-refractivity contribution in [3.05, 3.63) is 11.6 Å². The van der Waals surface area contributed by atoms with Crippen LogP contribution in [0.4, 0.5) is 0 Å². The quantitative estimate of drug-likeness (QED) is 0.399. The van der Waals surface area contributed by atoms with Crippen molar-refractivity contribution in [2.24, 2.45) is 50.7 Å². The summed E-state index contributed by atoms with van der Waals surface area (Å²) in [7, 11) is 0. The smallest absolute Gasteiger partial charge is 0.0853 e. The van der Waals surface area contributed by atoms with Gasteiger partial charge in [-0.3, -0.25) is 0 Å². The summed E-state index contributed by atoms with van der Waals surface area (Å²) in [6.07, 6.45) is 10.1. The molecule has 7 unspecified atom stereocenters. The lowest BCUT2D eigenvalue weighted by atomic mass is 9.42. The minimum absolute atomic E-state index is 0.0127. The molecule has 4 N–H and O–H groups in total. The third-order valence-corrected chi connectivity index (χ3v) is 13.0. The van der Waals surface area contributed by atoms with Crippen LogP contribution in [0.5, 0.6) is 0 Å². The Bertz CT molecular complexity index is 851. The van der Waals surface area contributed by atoms with Crippen LogP contribution in [0.2, 0.25) is 0 Å². The summed E-state index contributed by atoms with van der Waals surface area (Å²) in [5, 5.41) is 43.1. The summed E-state index contributed by atoms with van der Waals surface area (Å²) >= 11 is 0. The number of hydrogen-bond acceptors (Lipinski definition) is 4. The molecule has 4 saturated carbocycles. The third kappa shape index (κ3) is 3.17. The van der Waals surface area contributed by atoms with Crippen LogP contribution in [-0.4, -0.2) is 45.3 Å². The van der Waals surface area contributed by atoms with Gasteiger partial charge >= 0.3 is 0 Å². The van der Waals surface area contributed by atoms with Crippen molar-refractivity contribution in [3.8, 4) is 0 Å². The average molecular weight is 475 g/mol.